The molecule has 0 aromatic heterocycles. The number of ether oxygens (including phenoxy) is 1. The number of fused-ring (bicyclic) bond motifs is 1. The summed E-state index contributed by atoms with van der Waals surface area (Å²) in [6, 6.07) is 2.95. The Kier molecular flexibility index (Phi) is 2.58. The van der Waals surface area contributed by atoms with E-state index < -0.39 is 0 Å². The van der Waals surface area contributed by atoms with Crippen LogP contribution in [0.25, 0.3) is 0 Å². The van der Waals surface area contributed by atoms with Crippen molar-refractivity contribution in [3.05, 3.63) is 29.1 Å². The molecule has 0 fully saturated rings. The lowest BCUT2D eigenvalue weighted by atomic mass is 9.89. The molecule has 0 bridgehead atoms. The zero-order valence-corrected chi connectivity index (χ0v) is 8.46. The second-order valence-corrected chi connectivity index (χ2v) is 3.50. The molecule has 15 heavy (non-hydrogen) atoms. The molecular weight excluding hydrogens is 197 g/mol. The summed E-state index contributed by atoms with van der Waals surface area (Å²) < 4.78 is 18.7. The van der Waals surface area contributed by atoms with Crippen LogP contribution in [0.2, 0.25) is 0 Å². The Balaban J connectivity index is 2.64. The first-order valence-corrected chi connectivity index (χ1v) is 4.84. The number of rotatable bonds is 1. The van der Waals surface area contributed by atoms with Gasteiger partial charge in [-0.3, -0.25) is 0 Å². The van der Waals surface area contributed by atoms with Gasteiger partial charge in [0, 0.05) is 11.1 Å². The summed E-state index contributed by atoms with van der Waals surface area (Å²) in [5.41, 5.74) is 1.62. The van der Waals surface area contributed by atoms with Crippen molar-refractivity contribution in [2.24, 2.45) is 5.16 Å². The molecule has 0 saturated heterocycles. The third kappa shape index (κ3) is 1.56. The topological polar surface area (TPSA) is 41.8 Å². The van der Waals surface area contributed by atoms with Gasteiger partial charge in [0.25, 0.3) is 0 Å². The van der Waals surface area contributed by atoms with Crippen LogP contribution >= 0.6 is 0 Å². The van der Waals surface area contributed by atoms with Crippen molar-refractivity contribution in [1.82, 2.24) is 0 Å². The maximum absolute atomic E-state index is 13.6. The summed E-state index contributed by atoms with van der Waals surface area (Å²) in [6.45, 7) is 0. The van der Waals surface area contributed by atoms with Gasteiger partial charge in [-0.1, -0.05) is 5.16 Å². The predicted molar refractivity (Wildman–Crippen MR) is 54.2 cm³/mol. The van der Waals surface area contributed by atoms with Crippen LogP contribution in [-0.2, 0) is 6.42 Å². The molecule has 0 amide bonds. The Labute approximate surface area is 87.2 Å². The molecule has 0 saturated carbocycles. The van der Waals surface area contributed by atoms with E-state index in [0.717, 1.165) is 18.4 Å². The highest BCUT2D eigenvalue weighted by atomic mass is 19.1. The first-order valence-electron chi connectivity index (χ1n) is 4.84. The Morgan fingerprint density at radius 2 is 2.20 bits per heavy atom. The lowest BCUT2D eigenvalue weighted by Gasteiger charge is -2.19. The van der Waals surface area contributed by atoms with Crippen LogP contribution in [0.4, 0.5) is 4.39 Å². The lowest BCUT2D eigenvalue weighted by Crippen LogP contribution is -2.15. The van der Waals surface area contributed by atoms with Crippen molar-refractivity contribution in [2.75, 3.05) is 7.11 Å². The molecule has 4 heteroatoms. The Morgan fingerprint density at radius 3 is 2.87 bits per heavy atom. The van der Waals surface area contributed by atoms with Crippen molar-refractivity contribution in [1.29, 1.82) is 0 Å². The molecule has 1 aliphatic rings. The van der Waals surface area contributed by atoms with Crippen molar-refractivity contribution in [2.45, 2.75) is 19.3 Å². The van der Waals surface area contributed by atoms with E-state index in [1.54, 1.807) is 13.2 Å². The van der Waals surface area contributed by atoms with Gasteiger partial charge in [-0.15, -0.1) is 0 Å². The van der Waals surface area contributed by atoms with Crippen LogP contribution in [0.5, 0.6) is 5.75 Å². The maximum Gasteiger partial charge on any atom is 0.132 e. The highest BCUT2D eigenvalue weighted by Crippen LogP contribution is 2.31. The summed E-state index contributed by atoms with van der Waals surface area (Å²) in [6.07, 6.45) is 2.22. The minimum Gasteiger partial charge on any atom is -0.496 e. The first kappa shape index (κ1) is 9.96. The molecule has 2 rings (SSSR count). The van der Waals surface area contributed by atoms with Gasteiger partial charge in [0.15, 0.2) is 0 Å². The molecule has 0 aliphatic heterocycles. The normalized spacial score (nSPS) is 17.6. The third-order valence-electron chi connectivity index (χ3n) is 2.69. The number of hydrogen-bond acceptors (Lipinski definition) is 3. The second-order valence-electron chi connectivity index (χ2n) is 3.50. The number of benzene rings is 1. The monoisotopic (exact) mass is 209 g/mol. The van der Waals surface area contributed by atoms with Gasteiger partial charge in [-0.2, -0.15) is 0 Å². The molecule has 0 heterocycles. The van der Waals surface area contributed by atoms with Gasteiger partial charge in [-0.05, 0) is 31.4 Å². The molecule has 80 valence electrons. The summed E-state index contributed by atoms with van der Waals surface area (Å²) in [7, 11) is 1.55. The molecule has 1 aliphatic carbocycles. The van der Waals surface area contributed by atoms with Gasteiger partial charge >= 0.3 is 0 Å². The van der Waals surface area contributed by atoms with E-state index in [9.17, 15) is 4.39 Å². The van der Waals surface area contributed by atoms with Crippen LogP contribution in [0.3, 0.4) is 0 Å². The average molecular weight is 209 g/mol. The lowest BCUT2D eigenvalue weighted by molar-refractivity contribution is 0.317. The molecule has 3 nitrogen and oxygen atoms in total. The van der Waals surface area contributed by atoms with E-state index >= 15 is 0 Å². The highest BCUT2D eigenvalue weighted by molar-refractivity contribution is 6.03. The largest absolute Gasteiger partial charge is 0.496 e. The molecule has 0 spiro atoms. The Hall–Kier alpha value is -1.58. The van der Waals surface area contributed by atoms with Crippen LogP contribution in [-0.4, -0.2) is 18.0 Å². The highest BCUT2D eigenvalue weighted by Gasteiger charge is 2.23. The van der Waals surface area contributed by atoms with E-state index in [4.69, 9.17) is 9.94 Å². The zero-order valence-electron chi connectivity index (χ0n) is 8.46. The summed E-state index contributed by atoms with van der Waals surface area (Å²) in [4.78, 5) is 0. The van der Waals surface area contributed by atoms with Gasteiger partial charge in [0.05, 0.1) is 12.8 Å². The minimum absolute atomic E-state index is 0.349. The zero-order chi connectivity index (χ0) is 10.8. The molecule has 1 aromatic rings. The fourth-order valence-electron chi connectivity index (χ4n) is 2.01. The Morgan fingerprint density at radius 1 is 1.40 bits per heavy atom. The van der Waals surface area contributed by atoms with Crippen LogP contribution < -0.4 is 4.74 Å². The average Bonchev–Trinajstić information content (AvgIpc) is 2.29. The van der Waals surface area contributed by atoms with Gasteiger partial charge in [0.2, 0.25) is 0 Å². The fourth-order valence-corrected chi connectivity index (χ4v) is 2.01. The van der Waals surface area contributed by atoms with E-state index in [1.165, 1.54) is 6.07 Å². The summed E-state index contributed by atoms with van der Waals surface area (Å²) in [5.74, 6) is 0.311. The number of hydrogen-bond donors (Lipinski definition) is 1. The third-order valence-corrected chi connectivity index (χ3v) is 2.69. The molecule has 1 aromatic carbocycles. The number of nitrogens with zero attached hydrogens (tertiary/aromatic N) is 1. The quantitative estimate of drug-likeness (QED) is 0.569. The SMILES string of the molecule is COc1ccc(F)c2c1CCCC2=NO. The summed E-state index contributed by atoms with van der Waals surface area (Å²) >= 11 is 0. The molecule has 0 radical (unpaired) electrons. The van der Waals surface area contributed by atoms with Crippen molar-refractivity contribution >= 4 is 5.71 Å². The smallest absolute Gasteiger partial charge is 0.132 e. The predicted octanol–water partition coefficient (Wildman–Crippen LogP) is 2.35. The van der Waals surface area contributed by atoms with E-state index in [1.807, 2.05) is 0 Å². The molecular formula is C11H12FNO2. The van der Waals surface area contributed by atoms with Gasteiger partial charge in [0.1, 0.15) is 11.6 Å². The van der Waals surface area contributed by atoms with E-state index in [2.05, 4.69) is 5.16 Å². The maximum atomic E-state index is 13.6. The van der Waals surface area contributed by atoms with Gasteiger partial charge in [-0.25, -0.2) is 4.39 Å². The summed E-state index contributed by atoms with van der Waals surface area (Å²) in [5, 5.41) is 12.0. The molecule has 0 atom stereocenters. The Bertz CT molecular complexity index is 415. The number of oxime groups is 1. The first-order chi connectivity index (χ1) is 7.27. The fraction of sp³-hybridized carbons (Fsp3) is 0.364. The van der Waals surface area contributed by atoms with E-state index in [0.29, 0.717) is 23.4 Å². The molecule has 0 unspecified atom stereocenters. The van der Waals surface area contributed by atoms with E-state index in [-0.39, 0.29) is 5.82 Å². The van der Waals surface area contributed by atoms with Crippen LogP contribution in [0.15, 0.2) is 17.3 Å². The van der Waals surface area contributed by atoms with Crippen molar-refractivity contribution in [3.8, 4) is 5.75 Å². The van der Waals surface area contributed by atoms with Crippen LogP contribution in [0, 0.1) is 5.82 Å². The molecule has 1 N–H and O–H groups in total. The standard InChI is InChI=1S/C11H12FNO2/c1-15-10-6-5-8(12)11-7(10)3-2-4-9(11)13-14/h5-6,14H,2-4H2,1H3. The van der Waals surface area contributed by atoms with Crippen LogP contribution in [0.1, 0.15) is 24.0 Å². The van der Waals surface area contributed by atoms with Crippen molar-refractivity contribution in [3.63, 3.8) is 0 Å². The van der Waals surface area contributed by atoms with Gasteiger partial charge < -0.3 is 9.94 Å². The van der Waals surface area contributed by atoms with Crippen molar-refractivity contribution < 1.29 is 14.3 Å². The number of methoxy groups -OCH3 is 1. The second kappa shape index (κ2) is 3.88. The number of halogens is 1. The minimum atomic E-state index is -0.349.